The van der Waals surface area contributed by atoms with Crippen molar-refractivity contribution in [3.8, 4) is 0 Å². The molecule has 17 heavy (non-hydrogen) atoms. The zero-order chi connectivity index (χ0) is 13.3. The molecule has 0 aliphatic carbocycles. The fourth-order valence-corrected chi connectivity index (χ4v) is 2.10. The molecule has 0 amide bonds. The Morgan fingerprint density at radius 2 is 2.00 bits per heavy atom. The molecule has 0 rings (SSSR count). The summed E-state index contributed by atoms with van der Waals surface area (Å²) in [6, 6.07) is 0.480. The van der Waals surface area contributed by atoms with Crippen LogP contribution in [0.4, 0.5) is 0 Å². The minimum atomic E-state index is -0.257. The molecule has 3 heteroatoms. The van der Waals surface area contributed by atoms with Crippen molar-refractivity contribution in [2.45, 2.75) is 53.5 Å². The summed E-state index contributed by atoms with van der Waals surface area (Å²) in [5.74, 6) is 0.319. The first-order valence-electron chi connectivity index (χ1n) is 6.60. The minimum Gasteiger partial charge on any atom is -0.446 e. The van der Waals surface area contributed by atoms with Gasteiger partial charge < -0.3 is 4.74 Å². The number of ether oxygens (including phenoxy) is 1. The lowest BCUT2D eigenvalue weighted by molar-refractivity contribution is -0.144. The number of nitrogens with zero attached hydrogens (tertiary/aromatic N) is 1. The number of carbonyl (C=O) groups excluding carboxylic acids is 1. The van der Waals surface area contributed by atoms with Crippen LogP contribution in [0.25, 0.3) is 0 Å². The predicted octanol–water partition coefficient (Wildman–Crippen LogP) is 3.21. The number of hydrogen-bond donors (Lipinski definition) is 0. The largest absolute Gasteiger partial charge is 0.446 e. The van der Waals surface area contributed by atoms with Gasteiger partial charge >= 0.3 is 5.97 Å². The standard InChI is InChI=1S/C14H27NO2/c1-6-9-14(16)17-11-15(10-7-2)13(8-3)12(4)5/h6,9,12-13H,7-8,10-11H2,1-5H3/b9-6+. The maximum Gasteiger partial charge on any atom is 0.331 e. The van der Waals surface area contributed by atoms with Gasteiger partial charge in [-0.1, -0.05) is 33.8 Å². The zero-order valence-electron chi connectivity index (χ0n) is 11.9. The zero-order valence-corrected chi connectivity index (χ0v) is 11.9. The van der Waals surface area contributed by atoms with Crippen molar-refractivity contribution in [3.63, 3.8) is 0 Å². The Kier molecular flexibility index (Phi) is 8.78. The van der Waals surface area contributed by atoms with Gasteiger partial charge in [-0.3, -0.25) is 4.90 Å². The van der Waals surface area contributed by atoms with Gasteiger partial charge in [0.25, 0.3) is 0 Å². The van der Waals surface area contributed by atoms with Crippen LogP contribution >= 0.6 is 0 Å². The van der Waals surface area contributed by atoms with Crippen molar-refractivity contribution in [2.24, 2.45) is 5.92 Å². The van der Waals surface area contributed by atoms with Crippen LogP contribution in [-0.4, -0.2) is 30.2 Å². The number of allylic oxidation sites excluding steroid dienone is 1. The maximum atomic E-state index is 11.3. The molecule has 3 nitrogen and oxygen atoms in total. The first kappa shape index (κ1) is 16.2. The van der Waals surface area contributed by atoms with Gasteiger partial charge in [0.05, 0.1) is 0 Å². The van der Waals surface area contributed by atoms with E-state index in [0.717, 1.165) is 19.4 Å². The molecule has 0 spiro atoms. The highest BCUT2D eigenvalue weighted by molar-refractivity contribution is 5.81. The molecule has 0 radical (unpaired) electrons. The lowest BCUT2D eigenvalue weighted by atomic mass is 10.0. The van der Waals surface area contributed by atoms with E-state index in [1.54, 1.807) is 6.08 Å². The molecule has 0 aliphatic heterocycles. The maximum absolute atomic E-state index is 11.3. The highest BCUT2D eigenvalue weighted by atomic mass is 16.5. The van der Waals surface area contributed by atoms with Gasteiger partial charge in [0.2, 0.25) is 0 Å². The van der Waals surface area contributed by atoms with Crippen molar-refractivity contribution < 1.29 is 9.53 Å². The summed E-state index contributed by atoms with van der Waals surface area (Å²) >= 11 is 0. The van der Waals surface area contributed by atoms with E-state index >= 15 is 0 Å². The highest BCUT2D eigenvalue weighted by Gasteiger charge is 2.20. The lowest BCUT2D eigenvalue weighted by Gasteiger charge is -2.32. The van der Waals surface area contributed by atoms with Gasteiger partial charge in [-0.25, -0.2) is 4.79 Å². The molecule has 0 aromatic carbocycles. The van der Waals surface area contributed by atoms with Crippen LogP contribution < -0.4 is 0 Å². The number of rotatable bonds is 8. The SMILES string of the molecule is C/C=C/C(=O)OCN(CCC)C(CC)C(C)C. The highest BCUT2D eigenvalue weighted by Crippen LogP contribution is 2.14. The van der Waals surface area contributed by atoms with E-state index in [4.69, 9.17) is 4.74 Å². The first-order chi connectivity index (χ1) is 8.06. The normalized spacial score (nSPS) is 13.6. The third-order valence-electron chi connectivity index (χ3n) is 2.84. The first-order valence-corrected chi connectivity index (χ1v) is 6.60. The smallest absolute Gasteiger partial charge is 0.331 e. The lowest BCUT2D eigenvalue weighted by Crippen LogP contribution is -2.41. The van der Waals surface area contributed by atoms with E-state index in [0.29, 0.717) is 18.7 Å². The Balaban J connectivity index is 4.36. The number of hydrogen-bond acceptors (Lipinski definition) is 3. The van der Waals surface area contributed by atoms with E-state index < -0.39 is 0 Å². The van der Waals surface area contributed by atoms with Crippen molar-refractivity contribution >= 4 is 5.97 Å². The van der Waals surface area contributed by atoms with Crippen molar-refractivity contribution in [2.75, 3.05) is 13.3 Å². The molecule has 0 saturated carbocycles. The van der Waals surface area contributed by atoms with Crippen molar-refractivity contribution in [1.29, 1.82) is 0 Å². The van der Waals surface area contributed by atoms with Gasteiger partial charge in [-0.15, -0.1) is 0 Å². The third kappa shape index (κ3) is 6.47. The molecule has 0 heterocycles. The van der Waals surface area contributed by atoms with Crippen LogP contribution in [0.1, 0.15) is 47.5 Å². The van der Waals surface area contributed by atoms with Crippen LogP contribution in [0.2, 0.25) is 0 Å². The van der Waals surface area contributed by atoms with Crippen LogP contribution in [0, 0.1) is 5.92 Å². The summed E-state index contributed by atoms with van der Waals surface area (Å²) in [5.41, 5.74) is 0. The van der Waals surface area contributed by atoms with E-state index in [1.807, 2.05) is 6.92 Å². The fourth-order valence-electron chi connectivity index (χ4n) is 2.10. The van der Waals surface area contributed by atoms with Gasteiger partial charge in [0.15, 0.2) is 0 Å². The van der Waals surface area contributed by atoms with Gasteiger partial charge in [-0.2, -0.15) is 0 Å². The third-order valence-corrected chi connectivity index (χ3v) is 2.84. The average molecular weight is 241 g/mol. The summed E-state index contributed by atoms with van der Waals surface area (Å²) in [4.78, 5) is 13.6. The Hall–Kier alpha value is -0.830. The Morgan fingerprint density at radius 3 is 2.41 bits per heavy atom. The quantitative estimate of drug-likeness (QED) is 0.371. The molecule has 0 aromatic heterocycles. The molecular formula is C14H27NO2. The molecule has 0 aliphatic rings. The van der Waals surface area contributed by atoms with Gasteiger partial charge in [0.1, 0.15) is 6.73 Å². The van der Waals surface area contributed by atoms with E-state index in [9.17, 15) is 4.79 Å². The molecule has 0 aromatic rings. The molecule has 0 saturated heterocycles. The second-order valence-electron chi connectivity index (χ2n) is 4.62. The van der Waals surface area contributed by atoms with Crippen molar-refractivity contribution in [3.05, 3.63) is 12.2 Å². The second-order valence-corrected chi connectivity index (χ2v) is 4.62. The summed E-state index contributed by atoms with van der Waals surface area (Å²) < 4.78 is 5.23. The Labute approximate surface area is 106 Å². The monoisotopic (exact) mass is 241 g/mol. The number of carbonyl (C=O) groups is 1. The van der Waals surface area contributed by atoms with Gasteiger partial charge in [0, 0.05) is 18.7 Å². The average Bonchev–Trinajstić information content (AvgIpc) is 2.26. The molecule has 1 atom stereocenters. The summed E-state index contributed by atoms with van der Waals surface area (Å²) in [5, 5.41) is 0. The van der Waals surface area contributed by atoms with Crippen LogP contribution in [0.5, 0.6) is 0 Å². The van der Waals surface area contributed by atoms with Crippen LogP contribution in [0.3, 0.4) is 0 Å². The molecule has 1 unspecified atom stereocenters. The summed E-state index contributed by atoms with van der Waals surface area (Å²) in [6.07, 6.45) is 5.32. The van der Waals surface area contributed by atoms with Crippen molar-refractivity contribution in [1.82, 2.24) is 4.90 Å². The van der Waals surface area contributed by atoms with E-state index in [-0.39, 0.29) is 5.97 Å². The Morgan fingerprint density at radius 1 is 1.35 bits per heavy atom. The number of esters is 1. The van der Waals surface area contributed by atoms with Crippen LogP contribution in [-0.2, 0) is 9.53 Å². The van der Waals surface area contributed by atoms with E-state index in [2.05, 4.69) is 32.6 Å². The predicted molar refractivity (Wildman–Crippen MR) is 71.7 cm³/mol. The molecule has 0 fully saturated rings. The fraction of sp³-hybridized carbons (Fsp3) is 0.786. The molecule has 0 bridgehead atoms. The van der Waals surface area contributed by atoms with E-state index in [1.165, 1.54) is 6.08 Å². The molecule has 0 N–H and O–H groups in total. The van der Waals surface area contributed by atoms with Crippen LogP contribution in [0.15, 0.2) is 12.2 Å². The molecule has 100 valence electrons. The minimum absolute atomic E-state index is 0.257. The topological polar surface area (TPSA) is 29.5 Å². The van der Waals surface area contributed by atoms with Gasteiger partial charge in [-0.05, 0) is 25.7 Å². The molecular weight excluding hydrogens is 214 g/mol. The summed E-state index contributed by atoms with van der Waals surface area (Å²) in [7, 11) is 0. The Bertz CT molecular complexity index is 236. The summed E-state index contributed by atoms with van der Waals surface area (Å²) in [6.45, 7) is 11.9. The second kappa shape index (κ2) is 9.23.